The van der Waals surface area contributed by atoms with Gasteiger partial charge in [-0.2, -0.15) is 5.10 Å². The molecule has 5 aromatic rings. The Kier molecular flexibility index (Phi) is 13.4. The maximum absolute atomic E-state index is 14.1. The van der Waals surface area contributed by atoms with E-state index >= 15 is 0 Å². The number of fused-ring (bicyclic) bond motifs is 2. The number of aromatic nitrogens is 3. The van der Waals surface area contributed by atoms with Crippen molar-refractivity contribution in [3.8, 4) is 16.9 Å². The van der Waals surface area contributed by atoms with E-state index in [2.05, 4.69) is 18.2 Å². The zero-order valence-electron chi connectivity index (χ0n) is 33.6. The normalized spacial score (nSPS) is 14.7. The first-order valence-corrected chi connectivity index (χ1v) is 19.8. The van der Waals surface area contributed by atoms with Crippen LogP contribution in [0.5, 0.6) is 5.75 Å². The number of aliphatic hydroxyl groups excluding tert-OH is 1. The van der Waals surface area contributed by atoms with Crippen LogP contribution in [0.3, 0.4) is 0 Å². The average molecular weight is 769 g/mol. The molecule has 1 aliphatic heterocycles. The zero-order valence-corrected chi connectivity index (χ0v) is 33.6. The Bertz CT molecular complexity index is 2120. The lowest BCUT2D eigenvalue weighted by Gasteiger charge is -2.25. The molecule has 12 heteroatoms. The number of rotatable bonds is 16. The van der Waals surface area contributed by atoms with Gasteiger partial charge in [-0.15, -0.1) is 0 Å². The fraction of sp³-hybridized carbons (Fsp3) is 0.477. The fourth-order valence-corrected chi connectivity index (χ4v) is 7.47. The minimum atomic E-state index is -0.626. The predicted molar refractivity (Wildman–Crippen MR) is 216 cm³/mol. The maximum Gasteiger partial charge on any atom is 0.410 e. The van der Waals surface area contributed by atoms with Gasteiger partial charge in [-0.1, -0.05) is 54.6 Å². The lowest BCUT2D eigenvalue weighted by Crippen LogP contribution is -2.35. The smallest absolute Gasteiger partial charge is 0.410 e. The molecular formula is C44H56N4O8. The van der Waals surface area contributed by atoms with Gasteiger partial charge in [0.1, 0.15) is 17.0 Å². The number of hydrogen-bond acceptors (Lipinski definition) is 9. The van der Waals surface area contributed by atoms with Crippen LogP contribution in [0.4, 0.5) is 4.79 Å². The first kappa shape index (κ1) is 40.7. The first-order chi connectivity index (χ1) is 27.0. The van der Waals surface area contributed by atoms with Crippen molar-refractivity contribution >= 4 is 33.7 Å². The van der Waals surface area contributed by atoms with Crippen LogP contribution >= 0.6 is 0 Å². The molecule has 0 saturated carbocycles. The molecular weight excluding hydrogens is 713 g/mol. The van der Waals surface area contributed by atoms with Gasteiger partial charge in [0.15, 0.2) is 6.29 Å². The van der Waals surface area contributed by atoms with E-state index in [9.17, 15) is 14.7 Å². The summed E-state index contributed by atoms with van der Waals surface area (Å²) >= 11 is 0. The molecule has 0 bridgehead atoms. The molecule has 12 nitrogen and oxygen atoms in total. The van der Waals surface area contributed by atoms with Gasteiger partial charge >= 0.3 is 12.1 Å². The predicted octanol–water partition coefficient (Wildman–Crippen LogP) is 8.18. The number of amides is 1. The van der Waals surface area contributed by atoms with Crippen molar-refractivity contribution in [3.05, 3.63) is 83.3 Å². The van der Waals surface area contributed by atoms with Crippen LogP contribution < -0.4 is 4.74 Å². The second-order valence-corrected chi connectivity index (χ2v) is 15.2. The Labute approximate surface area is 329 Å². The molecule has 0 unspecified atom stereocenters. The third-order valence-electron chi connectivity index (χ3n) is 10.0. The number of hydrogen-bond donors (Lipinski definition) is 1. The summed E-state index contributed by atoms with van der Waals surface area (Å²) in [5, 5.41) is 18.6. The number of carbonyl (C=O) groups is 2. The van der Waals surface area contributed by atoms with Gasteiger partial charge in [-0.3, -0.25) is 4.68 Å². The second-order valence-electron chi connectivity index (χ2n) is 15.2. The minimum Gasteiger partial charge on any atom is -0.493 e. The van der Waals surface area contributed by atoms with Gasteiger partial charge in [-0.25, -0.2) is 9.59 Å². The standard InChI is InChI=1S/C44H56N4O8/c1-7-52-42(50)41-33(21-14-27-53-37-22-12-17-30-16-8-9-18-31(30)37)32-19-13-20-34(40(32)48(41)25-15-24-46(5)43(51)56-44(2,3)4)39-35(45-47(6)36(39)28-49)29-55-38-23-10-11-26-54-38/h8-9,12-13,16-20,22,38,49H,7,10-11,14-15,21,23-29H2,1-6H3/t38-/m1/s1. The number of carbonyl (C=O) groups excluding carboxylic acids is 2. The van der Waals surface area contributed by atoms with Crippen LogP contribution in [0.15, 0.2) is 60.7 Å². The Morgan fingerprint density at radius 2 is 1.79 bits per heavy atom. The van der Waals surface area contributed by atoms with Crippen LogP contribution in [-0.4, -0.2) is 81.7 Å². The molecule has 3 heterocycles. The Morgan fingerprint density at radius 1 is 1.02 bits per heavy atom. The summed E-state index contributed by atoms with van der Waals surface area (Å²) < 4.78 is 33.5. The number of benzene rings is 3. The summed E-state index contributed by atoms with van der Waals surface area (Å²) in [4.78, 5) is 28.5. The molecule has 2 aromatic heterocycles. The third-order valence-corrected chi connectivity index (χ3v) is 10.0. The highest BCUT2D eigenvalue weighted by molar-refractivity contribution is 6.05. The number of esters is 1. The highest BCUT2D eigenvalue weighted by Crippen LogP contribution is 2.39. The topological polar surface area (TPSA) is 127 Å². The molecule has 1 saturated heterocycles. The van der Waals surface area contributed by atoms with E-state index in [1.54, 1.807) is 23.6 Å². The number of para-hydroxylation sites is 1. The molecule has 0 spiro atoms. The number of ether oxygens (including phenoxy) is 5. The highest BCUT2D eigenvalue weighted by atomic mass is 16.7. The Hall–Kier alpha value is -4.91. The minimum absolute atomic E-state index is 0.189. The van der Waals surface area contributed by atoms with Crippen molar-refractivity contribution < 1.29 is 38.4 Å². The van der Waals surface area contributed by atoms with E-state index in [-0.39, 0.29) is 26.1 Å². The van der Waals surface area contributed by atoms with Gasteiger partial charge < -0.3 is 38.3 Å². The molecule has 300 valence electrons. The molecule has 1 fully saturated rings. The van der Waals surface area contributed by atoms with E-state index in [0.29, 0.717) is 62.6 Å². The fourth-order valence-electron chi connectivity index (χ4n) is 7.47. The molecule has 1 N–H and O–H groups in total. The van der Waals surface area contributed by atoms with Crippen LogP contribution in [0.2, 0.25) is 0 Å². The van der Waals surface area contributed by atoms with E-state index in [1.165, 1.54) is 0 Å². The van der Waals surface area contributed by atoms with E-state index in [0.717, 1.165) is 63.4 Å². The summed E-state index contributed by atoms with van der Waals surface area (Å²) in [5.74, 6) is 0.390. The third kappa shape index (κ3) is 9.37. The molecule has 6 rings (SSSR count). The summed E-state index contributed by atoms with van der Waals surface area (Å²) in [7, 11) is 3.53. The maximum atomic E-state index is 14.1. The quantitative estimate of drug-likeness (QED) is 0.0782. The number of aliphatic hydroxyl groups is 1. The summed E-state index contributed by atoms with van der Waals surface area (Å²) in [6, 6.07) is 20.2. The van der Waals surface area contributed by atoms with Crippen LogP contribution in [0.25, 0.3) is 32.8 Å². The highest BCUT2D eigenvalue weighted by Gasteiger charge is 2.29. The molecule has 1 aliphatic rings. The van der Waals surface area contributed by atoms with Crippen molar-refractivity contribution in [2.45, 2.75) is 97.9 Å². The largest absolute Gasteiger partial charge is 0.493 e. The lowest BCUT2D eigenvalue weighted by atomic mass is 9.98. The lowest BCUT2D eigenvalue weighted by molar-refractivity contribution is -0.169. The Balaban J connectivity index is 1.40. The van der Waals surface area contributed by atoms with Gasteiger partial charge in [0, 0.05) is 55.7 Å². The molecule has 0 radical (unpaired) electrons. The first-order valence-electron chi connectivity index (χ1n) is 19.8. The zero-order chi connectivity index (χ0) is 39.8. The van der Waals surface area contributed by atoms with Gasteiger partial charge in [-0.05, 0) is 83.2 Å². The van der Waals surface area contributed by atoms with Gasteiger partial charge in [0.05, 0.1) is 43.3 Å². The average Bonchev–Trinajstić information content (AvgIpc) is 3.68. The molecule has 56 heavy (non-hydrogen) atoms. The monoisotopic (exact) mass is 768 g/mol. The van der Waals surface area contributed by atoms with Crippen molar-refractivity contribution in [1.82, 2.24) is 19.2 Å². The second kappa shape index (κ2) is 18.4. The van der Waals surface area contributed by atoms with Crippen molar-refractivity contribution in [2.75, 3.05) is 33.4 Å². The van der Waals surface area contributed by atoms with E-state index in [4.69, 9.17) is 28.8 Å². The molecule has 3 aromatic carbocycles. The van der Waals surface area contributed by atoms with E-state index < -0.39 is 17.7 Å². The van der Waals surface area contributed by atoms with Gasteiger partial charge in [0.25, 0.3) is 0 Å². The van der Waals surface area contributed by atoms with Crippen molar-refractivity contribution in [1.29, 1.82) is 0 Å². The Morgan fingerprint density at radius 3 is 2.54 bits per heavy atom. The van der Waals surface area contributed by atoms with Gasteiger partial charge in [0.2, 0.25) is 0 Å². The SMILES string of the molecule is CCOC(=O)c1c(CCCOc2cccc3ccccc23)c2cccc(-c3c(CO[C@@H]4CCCCO4)nn(C)c3CO)c2n1CCCN(C)C(=O)OC(C)(C)C. The van der Waals surface area contributed by atoms with Crippen molar-refractivity contribution in [3.63, 3.8) is 0 Å². The molecule has 0 aliphatic carbocycles. The van der Waals surface area contributed by atoms with Crippen LogP contribution in [0, 0.1) is 0 Å². The summed E-state index contributed by atoms with van der Waals surface area (Å²) in [6.07, 6.45) is 3.81. The van der Waals surface area contributed by atoms with Crippen LogP contribution in [0.1, 0.15) is 87.2 Å². The summed E-state index contributed by atoms with van der Waals surface area (Å²) in [5.41, 5.74) is 4.36. The number of aryl methyl sites for hydroxylation is 3. The number of nitrogens with zero attached hydrogens (tertiary/aromatic N) is 4. The van der Waals surface area contributed by atoms with Crippen LogP contribution in [-0.2, 0) is 52.2 Å². The summed E-state index contributed by atoms with van der Waals surface area (Å²) in [6.45, 7) is 9.35. The molecule has 1 atom stereocenters. The van der Waals surface area contributed by atoms with Crippen molar-refractivity contribution in [2.24, 2.45) is 7.05 Å². The molecule has 1 amide bonds. The van der Waals surface area contributed by atoms with E-state index in [1.807, 2.05) is 74.9 Å².